The number of rotatable bonds is 3. The fraction of sp³-hybridized carbons (Fsp3) is 0.545. The first-order valence-electron chi connectivity index (χ1n) is 5.71. The van der Waals surface area contributed by atoms with Gasteiger partial charge in [-0.15, -0.1) is 12.4 Å². The molecule has 2 heterocycles. The molecule has 1 aliphatic heterocycles. The van der Waals surface area contributed by atoms with E-state index < -0.39 is 12.8 Å². The molecule has 20 heavy (non-hydrogen) atoms. The van der Waals surface area contributed by atoms with Crippen LogP contribution in [0, 0.1) is 0 Å². The van der Waals surface area contributed by atoms with E-state index in [-0.39, 0.29) is 29.2 Å². The summed E-state index contributed by atoms with van der Waals surface area (Å²) >= 11 is 6.00. The van der Waals surface area contributed by atoms with Crippen LogP contribution in [-0.4, -0.2) is 36.9 Å². The van der Waals surface area contributed by atoms with Gasteiger partial charge in [-0.1, -0.05) is 11.6 Å². The van der Waals surface area contributed by atoms with E-state index in [0.29, 0.717) is 12.4 Å². The number of hydrogen-bond acceptors (Lipinski definition) is 4. The predicted molar refractivity (Wildman–Crippen MR) is 72.9 cm³/mol. The summed E-state index contributed by atoms with van der Waals surface area (Å²) in [4.78, 5) is 5.94. The largest absolute Gasteiger partial charge is 0.482 e. The summed E-state index contributed by atoms with van der Waals surface area (Å²) in [5, 5.41) is 0.258. The number of halogens is 5. The lowest BCUT2D eigenvalue weighted by Crippen LogP contribution is -2.27. The molecule has 9 heteroatoms. The Morgan fingerprint density at radius 3 is 2.70 bits per heavy atom. The second-order valence-electron chi connectivity index (χ2n) is 4.38. The molecule has 0 saturated carbocycles. The molecule has 2 N–H and O–H groups in total. The van der Waals surface area contributed by atoms with Crippen molar-refractivity contribution in [1.82, 2.24) is 4.98 Å². The van der Waals surface area contributed by atoms with Crippen LogP contribution in [0.4, 0.5) is 19.0 Å². The second kappa shape index (κ2) is 6.69. The van der Waals surface area contributed by atoms with Crippen molar-refractivity contribution >= 4 is 29.8 Å². The average Bonchev–Trinajstić information content (AvgIpc) is 2.72. The van der Waals surface area contributed by atoms with Crippen LogP contribution in [0.1, 0.15) is 6.42 Å². The molecule has 4 nitrogen and oxygen atoms in total. The highest BCUT2D eigenvalue weighted by Crippen LogP contribution is 2.29. The molecule has 0 amide bonds. The number of anilines is 1. The Bertz CT molecular complexity index is 459. The molecule has 114 valence electrons. The van der Waals surface area contributed by atoms with Gasteiger partial charge in [0.2, 0.25) is 0 Å². The molecule has 2 rings (SSSR count). The first-order valence-corrected chi connectivity index (χ1v) is 6.08. The van der Waals surface area contributed by atoms with Crippen molar-refractivity contribution in [3.05, 3.63) is 17.3 Å². The first-order chi connectivity index (χ1) is 8.85. The molecule has 0 aromatic carbocycles. The minimum absolute atomic E-state index is 0. The number of ether oxygens (including phenoxy) is 1. The normalized spacial score (nSPS) is 18.9. The Balaban J connectivity index is 0.00000200. The Labute approximate surface area is 125 Å². The lowest BCUT2D eigenvalue weighted by Gasteiger charge is -2.18. The fourth-order valence-electron chi connectivity index (χ4n) is 1.87. The van der Waals surface area contributed by atoms with Crippen LogP contribution in [0.25, 0.3) is 0 Å². The van der Waals surface area contributed by atoms with Gasteiger partial charge in [0, 0.05) is 25.2 Å². The highest BCUT2D eigenvalue weighted by Gasteiger charge is 2.29. The van der Waals surface area contributed by atoms with E-state index in [2.05, 4.69) is 9.72 Å². The zero-order chi connectivity index (χ0) is 14.0. The number of nitrogens with zero attached hydrogens (tertiary/aromatic N) is 2. The van der Waals surface area contributed by atoms with Gasteiger partial charge in [0.05, 0.1) is 11.2 Å². The van der Waals surface area contributed by atoms with Gasteiger partial charge in [-0.3, -0.25) is 0 Å². The van der Waals surface area contributed by atoms with Crippen molar-refractivity contribution in [3.8, 4) is 5.75 Å². The van der Waals surface area contributed by atoms with E-state index in [1.54, 1.807) is 0 Å². The summed E-state index contributed by atoms with van der Waals surface area (Å²) in [5.74, 6) is 0.517. The summed E-state index contributed by atoms with van der Waals surface area (Å²) in [6.45, 7) is 0.00502. The molecular weight excluding hydrogens is 318 g/mol. The lowest BCUT2D eigenvalue weighted by molar-refractivity contribution is -0.153. The van der Waals surface area contributed by atoms with Gasteiger partial charge in [-0.25, -0.2) is 4.98 Å². The SMILES string of the molecule is Cl.N[C@@H]1CCN(c2ncc(OCC(F)(F)F)cc2Cl)C1. The van der Waals surface area contributed by atoms with E-state index in [1.807, 2.05) is 4.90 Å². The summed E-state index contributed by atoms with van der Waals surface area (Å²) in [6.07, 6.45) is -2.31. The van der Waals surface area contributed by atoms with Crippen LogP contribution in [0.3, 0.4) is 0 Å². The molecule has 1 aromatic rings. The first kappa shape index (κ1) is 17.1. The molecule has 0 unspecified atom stereocenters. The monoisotopic (exact) mass is 331 g/mol. The number of alkyl halides is 3. The van der Waals surface area contributed by atoms with Crippen LogP contribution < -0.4 is 15.4 Å². The Kier molecular flexibility index (Phi) is 5.73. The summed E-state index contributed by atoms with van der Waals surface area (Å²) < 4.78 is 40.6. The maximum Gasteiger partial charge on any atom is 0.422 e. The van der Waals surface area contributed by atoms with Crippen molar-refractivity contribution in [2.24, 2.45) is 5.73 Å². The Morgan fingerprint density at radius 2 is 2.20 bits per heavy atom. The van der Waals surface area contributed by atoms with Crippen molar-refractivity contribution in [2.45, 2.75) is 18.6 Å². The molecule has 0 spiro atoms. The number of hydrogen-bond donors (Lipinski definition) is 1. The summed E-state index contributed by atoms with van der Waals surface area (Å²) in [7, 11) is 0. The minimum atomic E-state index is -4.38. The van der Waals surface area contributed by atoms with E-state index in [1.165, 1.54) is 12.3 Å². The summed E-state index contributed by atoms with van der Waals surface area (Å²) in [6, 6.07) is 1.40. The standard InChI is InChI=1S/C11H13ClF3N3O.ClH/c12-9-3-8(19-6-11(13,14)15)4-17-10(9)18-2-1-7(16)5-18;/h3-4,7H,1-2,5-6,16H2;1H/t7-;/m1./s1. The molecule has 1 saturated heterocycles. The van der Waals surface area contributed by atoms with Gasteiger partial charge in [0.25, 0.3) is 0 Å². The van der Waals surface area contributed by atoms with Gasteiger partial charge in [0.1, 0.15) is 11.6 Å². The van der Waals surface area contributed by atoms with Gasteiger partial charge >= 0.3 is 6.18 Å². The van der Waals surface area contributed by atoms with Crippen LogP contribution in [0.2, 0.25) is 5.02 Å². The third-order valence-electron chi connectivity index (χ3n) is 2.72. The quantitative estimate of drug-likeness (QED) is 0.925. The number of aromatic nitrogens is 1. The molecule has 0 radical (unpaired) electrons. The van der Waals surface area contributed by atoms with Crippen molar-refractivity contribution in [1.29, 1.82) is 0 Å². The molecular formula is C11H14Cl2F3N3O. The van der Waals surface area contributed by atoms with Crippen molar-refractivity contribution in [2.75, 3.05) is 24.6 Å². The highest BCUT2D eigenvalue weighted by molar-refractivity contribution is 6.33. The molecule has 1 atom stereocenters. The second-order valence-corrected chi connectivity index (χ2v) is 4.78. The van der Waals surface area contributed by atoms with E-state index >= 15 is 0 Å². The third-order valence-corrected chi connectivity index (χ3v) is 3.00. The van der Waals surface area contributed by atoms with E-state index in [4.69, 9.17) is 17.3 Å². The topological polar surface area (TPSA) is 51.4 Å². The molecule has 1 aliphatic rings. The maximum atomic E-state index is 12.0. The molecule has 1 fully saturated rings. The number of pyridine rings is 1. The zero-order valence-electron chi connectivity index (χ0n) is 10.4. The maximum absolute atomic E-state index is 12.0. The van der Waals surface area contributed by atoms with Gasteiger partial charge < -0.3 is 15.4 Å². The van der Waals surface area contributed by atoms with Crippen LogP contribution in [0.15, 0.2) is 12.3 Å². The van der Waals surface area contributed by atoms with Crippen LogP contribution in [-0.2, 0) is 0 Å². The summed E-state index contributed by atoms with van der Waals surface area (Å²) in [5.41, 5.74) is 5.78. The minimum Gasteiger partial charge on any atom is -0.482 e. The highest BCUT2D eigenvalue weighted by atomic mass is 35.5. The van der Waals surface area contributed by atoms with Gasteiger partial charge in [0.15, 0.2) is 6.61 Å². The molecule has 0 bridgehead atoms. The Morgan fingerprint density at radius 1 is 1.50 bits per heavy atom. The van der Waals surface area contributed by atoms with Crippen molar-refractivity contribution < 1.29 is 17.9 Å². The van der Waals surface area contributed by atoms with Gasteiger partial charge in [-0.05, 0) is 6.42 Å². The van der Waals surface area contributed by atoms with Crippen LogP contribution in [0.5, 0.6) is 5.75 Å². The fourth-order valence-corrected chi connectivity index (χ4v) is 2.15. The van der Waals surface area contributed by atoms with Crippen molar-refractivity contribution in [3.63, 3.8) is 0 Å². The van der Waals surface area contributed by atoms with Crippen LogP contribution >= 0.6 is 24.0 Å². The van der Waals surface area contributed by atoms with Gasteiger partial charge in [-0.2, -0.15) is 13.2 Å². The lowest BCUT2D eigenvalue weighted by atomic mass is 10.3. The Hall–Kier alpha value is -0.920. The average molecular weight is 332 g/mol. The van der Waals surface area contributed by atoms with E-state index in [9.17, 15) is 13.2 Å². The predicted octanol–water partition coefficient (Wildman–Crippen LogP) is 2.64. The molecule has 1 aromatic heterocycles. The van der Waals surface area contributed by atoms with E-state index in [0.717, 1.165) is 13.0 Å². The molecule has 0 aliphatic carbocycles. The smallest absolute Gasteiger partial charge is 0.422 e. The zero-order valence-corrected chi connectivity index (χ0v) is 11.9. The third kappa shape index (κ3) is 4.57. The number of nitrogens with two attached hydrogens (primary N) is 1.